The number of thiophene rings is 1. The first-order valence-electron chi connectivity index (χ1n) is 10.3. The Morgan fingerprint density at radius 3 is 2.76 bits per heavy atom. The molecule has 1 aromatic carbocycles. The van der Waals surface area contributed by atoms with E-state index in [0.717, 1.165) is 31.7 Å². The quantitative estimate of drug-likeness (QED) is 0.246. The lowest BCUT2D eigenvalue weighted by Gasteiger charge is -2.03. The molecule has 10 nitrogen and oxygen atoms in total. The van der Waals surface area contributed by atoms with E-state index in [2.05, 4.69) is 28.1 Å². The van der Waals surface area contributed by atoms with Crippen molar-refractivity contribution < 1.29 is 14.1 Å². The Morgan fingerprint density at radius 2 is 1.97 bits per heavy atom. The van der Waals surface area contributed by atoms with Crippen LogP contribution in [-0.2, 0) is 6.61 Å². The fourth-order valence-electron chi connectivity index (χ4n) is 3.87. The Balaban J connectivity index is 1.30. The Labute approximate surface area is 195 Å². The zero-order chi connectivity index (χ0) is 23.4. The molecule has 6 aromatic rings. The number of non-ortho nitro benzene ring substituents is 1. The van der Waals surface area contributed by atoms with Gasteiger partial charge in [0.05, 0.1) is 10.4 Å². The second kappa shape index (κ2) is 7.59. The van der Waals surface area contributed by atoms with Gasteiger partial charge in [0, 0.05) is 23.2 Å². The van der Waals surface area contributed by atoms with Gasteiger partial charge in [-0.1, -0.05) is 0 Å². The van der Waals surface area contributed by atoms with Crippen LogP contribution < -0.4 is 4.74 Å². The monoisotopic (exact) mass is 472 g/mol. The van der Waals surface area contributed by atoms with E-state index in [4.69, 9.17) is 14.1 Å². The number of aryl methyl sites for hydroxylation is 2. The highest BCUT2D eigenvalue weighted by Crippen LogP contribution is 2.36. The third kappa shape index (κ3) is 3.33. The Bertz CT molecular complexity index is 1720. The third-order valence-corrected chi connectivity index (χ3v) is 6.47. The molecule has 5 aromatic heterocycles. The number of rotatable bonds is 5. The average molecular weight is 472 g/mol. The molecular weight excluding hydrogens is 456 g/mol. The molecule has 0 aliphatic heterocycles. The number of hydrogen-bond acceptors (Lipinski definition) is 9. The van der Waals surface area contributed by atoms with Crippen LogP contribution in [0.1, 0.15) is 17.0 Å². The van der Waals surface area contributed by atoms with Crippen LogP contribution in [0.5, 0.6) is 5.75 Å². The molecule has 168 valence electrons. The number of fused-ring (bicyclic) bond motifs is 5. The summed E-state index contributed by atoms with van der Waals surface area (Å²) >= 11 is 1.55. The average Bonchev–Trinajstić information content (AvgIpc) is 3.53. The van der Waals surface area contributed by atoms with Gasteiger partial charge in [-0.2, -0.15) is 0 Å². The molecule has 34 heavy (non-hydrogen) atoms. The number of aromatic nitrogens is 5. The number of benzene rings is 1. The molecule has 0 unspecified atom stereocenters. The highest BCUT2D eigenvalue weighted by Gasteiger charge is 2.18. The predicted octanol–water partition coefficient (Wildman–Crippen LogP) is 5.25. The Kier molecular flexibility index (Phi) is 4.52. The molecule has 0 fully saturated rings. The van der Waals surface area contributed by atoms with Gasteiger partial charge < -0.3 is 9.15 Å². The second-order valence-corrected chi connectivity index (χ2v) is 8.79. The standard InChI is InChI=1S/C23H16N6O4S/c1-12-9-13(2)25-23-18(12)19-20(34-23)22-26-21(27-28(22)11-24-19)17-8-7-16(33-17)10-32-15-5-3-14(4-6-15)29(30)31/h3-9,11H,10H2,1-2H3. The second-order valence-electron chi connectivity index (χ2n) is 7.79. The van der Waals surface area contributed by atoms with Crippen molar-refractivity contribution in [3.8, 4) is 17.3 Å². The maximum atomic E-state index is 10.8. The number of nitro groups is 1. The van der Waals surface area contributed by atoms with Crippen molar-refractivity contribution in [2.45, 2.75) is 20.5 Å². The van der Waals surface area contributed by atoms with Gasteiger partial charge in [-0.15, -0.1) is 16.4 Å². The maximum Gasteiger partial charge on any atom is 0.269 e. The van der Waals surface area contributed by atoms with E-state index in [9.17, 15) is 10.1 Å². The first kappa shape index (κ1) is 20.2. The van der Waals surface area contributed by atoms with Gasteiger partial charge in [-0.05, 0) is 49.7 Å². The van der Waals surface area contributed by atoms with Gasteiger partial charge in [0.1, 0.15) is 34.0 Å². The van der Waals surface area contributed by atoms with Gasteiger partial charge in [0.15, 0.2) is 11.4 Å². The van der Waals surface area contributed by atoms with Crippen molar-refractivity contribution in [3.05, 3.63) is 75.9 Å². The molecule has 0 N–H and O–H groups in total. The van der Waals surface area contributed by atoms with Crippen molar-refractivity contribution in [2.75, 3.05) is 0 Å². The van der Waals surface area contributed by atoms with Crippen LogP contribution in [0.3, 0.4) is 0 Å². The number of furan rings is 1. The van der Waals surface area contributed by atoms with Gasteiger partial charge >= 0.3 is 0 Å². The zero-order valence-electron chi connectivity index (χ0n) is 18.1. The summed E-state index contributed by atoms with van der Waals surface area (Å²) in [6.07, 6.45) is 1.65. The molecule has 0 spiro atoms. The van der Waals surface area contributed by atoms with E-state index in [1.165, 1.54) is 12.1 Å². The van der Waals surface area contributed by atoms with E-state index in [1.54, 1.807) is 46.4 Å². The third-order valence-electron chi connectivity index (χ3n) is 5.40. The van der Waals surface area contributed by atoms with E-state index >= 15 is 0 Å². The van der Waals surface area contributed by atoms with Gasteiger partial charge in [-0.3, -0.25) is 10.1 Å². The number of nitrogens with zero attached hydrogens (tertiary/aromatic N) is 6. The molecule has 0 aliphatic carbocycles. The van der Waals surface area contributed by atoms with Crippen molar-refractivity contribution >= 4 is 43.1 Å². The summed E-state index contributed by atoms with van der Waals surface area (Å²) in [4.78, 5) is 25.2. The molecule has 5 heterocycles. The van der Waals surface area contributed by atoms with Gasteiger partial charge in [0.25, 0.3) is 5.69 Å². The van der Waals surface area contributed by atoms with Crippen LogP contribution in [-0.4, -0.2) is 29.5 Å². The SMILES string of the molecule is Cc1cc(C)c2c(n1)sc1c2ncn2nc(-c3ccc(COc4ccc([N+](=O)[O-])cc4)o3)nc12. The number of ether oxygens (including phenoxy) is 1. The smallest absolute Gasteiger partial charge is 0.269 e. The summed E-state index contributed by atoms with van der Waals surface area (Å²) in [5.74, 6) is 2.03. The number of nitro benzene ring substituents is 1. The summed E-state index contributed by atoms with van der Waals surface area (Å²) in [6.45, 7) is 4.21. The van der Waals surface area contributed by atoms with Crippen LogP contribution in [0.25, 0.3) is 37.7 Å². The van der Waals surface area contributed by atoms with Crippen LogP contribution in [0.2, 0.25) is 0 Å². The van der Waals surface area contributed by atoms with E-state index in [1.807, 2.05) is 6.92 Å². The summed E-state index contributed by atoms with van der Waals surface area (Å²) in [7, 11) is 0. The molecule has 0 saturated heterocycles. The highest BCUT2D eigenvalue weighted by molar-refractivity contribution is 7.26. The molecule has 0 atom stereocenters. The summed E-state index contributed by atoms with van der Waals surface area (Å²) < 4.78 is 14.1. The molecule has 11 heteroatoms. The largest absolute Gasteiger partial charge is 0.486 e. The van der Waals surface area contributed by atoms with Gasteiger partial charge in [0.2, 0.25) is 5.82 Å². The fraction of sp³-hybridized carbons (Fsp3) is 0.130. The maximum absolute atomic E-state index is 10.8. The lowest BCUT2D eigenvalue weighted by molar-refractivity contribution is -0.384. The Hall–Kier alpha value is -4.38. The number of hydrogen-bond donors (Lipinski definition) is 0. The van der Waals surface area contributed by atoms with Crippen LogP contribution in [0.15, 0.2) is 53.2 Å². The van der Waals surface area contributed by atoms with E-state index in [-0.39, 0.29) is 12.3 Å². The molecule has 0 aliphatic rings. The number of pyridine rings is 1. The molecule has 0 amide bonds. The summed E-state index contributed by atoms with van der Waals surface area (Å²) in [5, 5.41) is 16.3. The van der Waals surface area contributed by atoms with Crippen molar-refractivity contribution in [3.63, 3.8) is 0 Å². The lowest BCUT2D eigenvalue weighted by atomic mass is 10.1. The summed E-state index contributed by atoms with van der Waals surface area (Å²) in [5.41, 5.74) is 3.67. The van der Waals surface area contributed by atoms with Gasteiger partial charge in [-0.25, -0.2) is 19.5 Å². The van der Waals surface area contributed by atoms with Crippen LogP contribution in [0.4, 0.5) is 5.69 Å². The van der Waals surface area contributed by atoms with Crippen molar-refractivity contribution in [1.29, 1.82) is 0 Å². The first-order valence-corrected chi connectivity index (χ1v) is 11.2. The normalized spacial score (nSPS) is 11.6. The van der Waals surface area contributed by atoms with Crippen LogP contribution >= 0.6 is 11.3 Å². The first-order chi connectivity index (χ1) is 16.5. The fourth-order valence-corrected chi connectivity index (χ4v) is 5.09. The molecule has 0 bridgehead atoms. The lowest BCUT2D eigenvalue weighted by Crippen LogP contribution is -1.94. The van der Waals surface area contributed by atoms with Crippen molar-refractivity contribution in [1.82, 2.24) is 24.6 Å². The minimum absolute atomic E-state index is 0.00821. The molecular formula is C23H16N6O4S. The molecule has 0 radical (unpaired) electrons. The minimum Gasteiger partial charge on any atom is -0.486 e. The predicted molar refractivity (Wildman–Crippen MR) is 126 cm³/mol. The topological polar surface area (TPSA) is 121 Å². The van der Waals surface area contributed by atoms with E-state index < -0.39 is 4.92 Å². The highest BCUT2D eigenvalue weighted by atomic mass is 32.1. The molecule has 6 rings (SSSR count). The van der Waals surface area contributed by atoms with Crippen molar-refractivity contribution in [2.24, 2.45) is 0 Å². The minimum atomic E-state index is -0.453. The zero-order valence-corrected chi connectivity index (χ0v) is 18.9. The Morgan fingerprint density at radius 1 is 1.15 bits per heavy atom. The summed E-state index contributed by atoms with van der Waals surface area (Å²) in [6, 6.07) is 11.5. The van der Waals surface area contributed by atoms with E-state index in [0.29, 0.717) is 28.7 Å². The molecule has 0 saturated carbocycles. The van der Waals surface area contributed by atoms with Crippen LogP contribution in [0, 0.1) is 24.0 Å².